The van der Waals surface area contributed by atoms with E-state index in [0.717, 1.165) is 18.1 Å². The van der Waals surface area contributed by atoms with E-state index < -0.39 is 0 Å². The van der Waals surface area contributed by atoms with Crippen LogP contribution in [0.15, 0.2) is 36.4 Å². The quantitative estimate of drug-likeness (QED) is 0.789. The van der Waals surface area contributed by atoms with Crippen LogP contribution in [0.1, 0.15) is 38.7 Å². The van der Waals surface area contributed by atoms with E-state index in [9.17, 15) is 4.79 Å². The molecule has 1 N–H and O–H groups in total. The summed E-state index contributed by atoms with van der Waals surface area (Å²) < 4.78 is 0. The van der Waals surface area contributed by atoms with Crippen LogP contribution in [0.5, 0.6) is 0 Å². The molecular formula is C19H27NOS. The van der Waals surface area contributed by atoms with E-state index in [4.69, 9.17) is 0 Å². The number of carbonyl (C=O) groups excluding carboxylic acids is 1. The molecule has 1 aromatic carbocycles. The van der Waals surface area contributed by atoms with Gasteiger partial charge in [-0.15, -0.1) is 11.8 Å². The number of nitrogens with one attached hydrogen (secondary N) is 1. The fourth-order valence-corrected chi connectivity index (χ4v) is 3.62. The third-order valence-electron chi connectivity index (χ3n) is 4.61. The highest BCUT2D eigenvalue weighted by molar-refractivity contribution is 8.00. The van der Waals surface area contributed by atoms with Gasteiger partial charge in [-0.1, -0.05) is 69.2 Å². The van der Waals surface area contributed by atoms with Gasteiger partial charge in [-0.3, -0.25) is 4.79 Å². The van der Waals surface area contributed by atoms with Gasteiger partial charge in [-0.2, -0.15) is 0 Å². The first kappa shape index (κ1) is 17.1. The molecule has 1 fully saturated rings. The highest BCUT2D eigenvalue weighted by Crippen LogP contribution is 2.29. The summed E-state index contributed by atoms with van der Waals surface area (Å²) in [4.78, 5) is 12.0. The summed E-state index contributed by atoms with van der Waals surface area (Å²) >= 11 is 1.67. The average molecular weight is 317 g/mol. The highest BCUT2D eigenvalue weighted by Gasteiger charge is 2.27. The Kier molecular flexibility index (Phi) is 7.04. The van der Waals surface area contributed by atoms with E-state index in [1.54, 1.807) is 11.8 Å². The molecule has 3 atom stereocenters. The predicted octanol–water partition coefficient (Wildman–Crippen LogP) is 4.37. The van der Waals surface area contributed by atoms with Gasteiger partial charge >= 0.3 is 0 Å². The number of carbonyl (C=O) groups is 1. The smallest absolute Gasteiger partial charge is 0.230 e. The third-order valence-corrected chi connectivity index (χ3v) is 5.50. The number of hydrogen-bond donors (Lipinski definition) is 1. The second-order valence-electron chi connectivity index (χ2n) is 6.27. The average Bonchev–Trinajstić information content (AvgIpc) is 2.52. The van der Waals surface area contributed by atoms with Crippen molar-refractivity contribution >= 4 is 23.7 Å². The summed E-state index contributed by atoms with van der Waals surface area (Å²) in [6.07, 6.45) is 7.90. The summed E-state index contributed by atoms with van der Waals surface area (Å²) in [6, 6.07) is 10.6. The number of hydrogen-bond acceptors (Lipinski definition) is 2. The lowest BCUT2D eigenvalue weighted by atomic mass is 9.78. The van der Waals surface area contributed by atoms with Gasteiger partial charge in [-0.05, 0) is 23.8 Å². The second-order valence-corrected chi connectivity index (χ2v) is 7.30. The first-order valence-corrected chi connectivity index (χ1v) is 9.41. The van der Waals surface area contributed by atoms with Crippen molar-refractivity contribution in [2.24, 2.45) is 11.8 Å². The molecule has 0 saturated heterocycles. The number of amides is 1. The topological polar surface area (TPSA) is 29.1 Å². The van der Waals surface area contributed by atoms with Gasteiger partial charge in [0.2, 0.25) is 5.91 Å². The van der Waals surface area contributed by atoms with Crippen molar-refractivity contribution in [3.05, 3.63) is 42.0 Å². The normalized spacial score (nSPS) is 25.3. The van der Waals surface area contributed by atoms with E-state index in [2.05, 4.69) is 43.4 Å². The minimum Gasteiger partial charge on any atom is -0.352 e. The van der Waals surface area contributed by atoms with E-state index in [0.29, 0.717) is 17.7 Å². The molecule has 2 nitrogen and oxygen atoms in total. The summed E-state index contributed by atoms with van der Waals surface area (Å²) in [6.45, 7) is 4.57. The van der Waals surface area contributed by atoms with Gasteiger partial charge in [0.05, 0.1) is 5.75 Å². The molecule has 1 amide bonds. The first-order chi connectivity index (χ1) is 10.7. The molecule has 0 radical (unpaired) electrons. The van der Waals surface area contributed by atoms with Crippen LogP contribution in [0.4, 0.5) is 0 Å². The van der Waals surface area contributed by atoms with Gasteiger partial charge in [0.1, 0.15) is 0 Å². The number of thioether (sulfide) groups is 1. The van der Waals surface area contributed by atoms with Crippen LogP contribution in [-0.2, 0) is 4.79 Å². The van der Waals surface area contributed by atoms with Crippen molar-refractivity contribution in [1.29, 1.82) is 0 Å². The Morgan fingerprint density at radius 3 is 2.82 bits per heavy atom. The van der Waals surface area contributed by atoms with E-state index >= 15 is 0 Å². The Hall–Kier alpha value is -1.22. The number of benzene rings is 1. The zero-order valence-electron chi connectivity index (χ0n) is 13.6. The first-order valence-electron chi connectivity index (χ1n) is 8.25. The second kappa shape index (κ2) is 9.04. The summed E-state index contributed by atoms with van der Waals surface area (Å²) in [5, 5.41) is 3.22. The Balaban J connectivity index is 1.64. The SMILES string of the molecule is CC1CCCC(NC(=O)CSCC=Cc2ccccc2)C1C. The van der Waals surface area contributed by atoms with Gasteiger partial charge < -0.3 is 5.32 Å². The van der Waals surface area contributed by atoms with Crippen molar-refractivity contribution in [2.75, 3.05) is 11.5 Å². The van der Waals surface area contributed by atoms with Crippen LogP contribution in [0.25, 0.3) is 6.08 Å². The molecule has 3 unspecified atom stereocenters. The molecule has 0 spiro atoms. The molecule has 22 heavy (non-hydrogen) atoms. The molecule has 1 aliphatic carbocycles. The van der Waals surface area contributed by atoms with Gasteiger partial charge in [0, 0.05) is 11.8 Å². The van der Waals surface area contributed by atoms with E-state index in [1.807, 2.05) is 18.2 Å². The zero-order chi connectivity index (χ0) is 15.8. The molecule has 1 saturated carbocycles. The molecule has 120 valence electrons. The zero-order valence-corrected chi connectivity index (χ0v) is 14.4. The Morgan fingerprint density at radius 1 is 1.27 bits per heavy atom. The Bertz CT molecular complexity index is 485. The van der Waals surface area contributed by atoms with E-state index in [1.165, 1.54) is 18.4 Å². The number of rotatable bonds is 6. The third kappa shape index (κ3) is 5.53. The molecule has 1 aliphatic rings. The maximum atomic E-state index is 12.0. The minimum absolute atomic E-state index is 0.184. The lowest BCUT2D eigenvalue weighted by Crippen LogP contribution is -2.44. The highest BCUT2D eigenvalue weighted by atomic mass is 32.2. The fraction of sp³-hybridized carbons (Fsp3) is 0.526. The van der Waals surface area contributed by atoms with Crippen molar-refractivity contribution in [3.63, 3.8) is 0 Å². The largest absolute Gasteiger partial charge is 0.352 e. The molecule has 0 aromatic heterocycles. The summed E-state index contributed by atoms with van der Waals surface area (Å²) in [5.74, 6) is 2.93. The van der Waals surface area contributed by atoms with Crippen LogP contribution in [0, 0.1) is 11.8 Å². The summed E-state index contributed by atoms with van der Waals surface area (Å²) in [7, 11) is 0. The van der Waals surface area contributed by atoms with Crippen LogP contribution >= 0.6 is 11.8 Å². The van der Waals surface area contributed by atoms with Crippen molar-refractivity contribution in [1.82, 2.24) is 5.32 Å². The summed E-state index contributed by atoms with van der Waals surface area (Å²) in [5.41, 5.74) is 1.21. The predicted molar refractivity (Wildman–Crippen MR) is 96.9 cm³/mol. The molecule has 0 bridgehead atoms. The maximum absolute atomic E-state index is 12.0. The standard InChI is InChI=1S/C19H27NOS/c1-15-8-6-12-18(16(15)2)20-19(21)14-22-13-7-11-17-9-4-3-5-10-17/h3-5,7,9-11,15-16,18H,6,8,12-14H2,1-2H3,(H,20,21). The lowest BCUT2D eigenvalue weighted by molar-refractivity contribution is -0.119. The molecule has 2 rings (SSSR count). The van der Waals surface area contributed by atoms with E-state index in [-0.39, 0.29) is 5.91 Å². The van der Waals surface area contributed by atoms with Crippen molar-refractivity contribution in [2.45, 2.75) is 39.2 Å². The Morgan fingerprint density at radius 2 is 2.05 bits per heavy atom. The molecule has 3 heteroatoms. The van der Waals surface area contributed by atoms with Crippen LogP contribution in [0.2, 0.25) is 0 Å². The molecule has 1 aromatic rings. The molecular weight excluding hydrogens is 290 g/mol. The molecule has 0 aliphatic heterocycles. The van der Waals surface area contributed by atoms with Crippen molar-refractivity contribution in [3.8, 4) is 0 Å². The lowest BCUT2D eigenvalue weighted by Gasteiger charge is -2.34. The minimum atomic E-state index is 0.184. The van der Waals surface area contributed by atoms with Gasteiger partial charge in [0.15, 0.2) is 0 Å². The maximum Gasteiger partial charge on any atom is 0.230 e. The van der Waals surface area contributed by atoms with Gasteiger partial charge in [0.25, 0.3) is 0 Å². The monoisotopic (exact) mass is 317 g/mol. The van der Waals surface area contributed by atoms with Crippen LogP contribution in [0.3, 0.4) is 0 Å². The fourth-order valence-electron chi connectivity index (χ4n) is 3.00. The Labute approximate surface area is 138 Å². The van der Waals surface area contributed by atoms with Gasteiger partial charge in [-0.25, -0.2) is 0 Å². The van der Waals surface area contributed by atoms with Crippen LogP contribution in [-0.4, -0.2) is 23.5 Å². The molecule has 0 heterocycles. The van der Waals surface area contributed by atoms with Crippen molar-refractivity contribution < 1.29 is 4.79 Å². The van der Waals surface area contributed by atoms with Crippen LogP contribution < -0.4 is 5.32 Å².